The second-order valence-corrected chi connectivity index (χ2v) is 16.3. The molecule has 0 amide bonds. The fourth-order valence-electron chi connectivity index (χ4n) is 2.25. The summed E-state index contributed by atoms with van der Waals surface area (Å²) in [5.74, 6) is 0. The van der Waals surface area contributed by atoms with Gasteiger partial charge in [0.25, 0.3) is 0 Å². The Balaban J connectivity index is -0.000000108. The topological polar surface area (TPSA) is 0 Å². The molecule has 0 saturated heterocycles. The van der Waals surface area contributed by atoms with E-state index < -0.39 is 0 Å². The van der Waals surface area contributed by atoms with Crippen LogP contribution in [0.3, 0.4) is 0 Å². The van der Waals surface area contributed by atoms with Crippen LogP contribution in [0.1, 0.15) is 62.3 Å². The Morgan fingerprint density at radius 3 is 0.409 bits per heavy atom. The van der Waals surface area contributed by atoms with E-state index in [-0.39, 0.29) is 44.8 Å². The van der Waals surface area contributed by atoms with Crippen LogP contribution in [-0.4, -0.2) is 55.5 Å². The van der Waals surface area contributed by atoms with Crippen LogP contribution in [0.4, 0.5) is 0 Å². The largest absolute Gasteiger partial charge is 0.0543 e. The minimum Gasteiger partial charge on any atom is -0.0313 e. The Morgan fingerprint density at radius 1 is 0.318 bits per heavy atom. The van der Waals surface area contributed by atoms with Crippen LogP contribution in [-0.2, 0) is 21.1 Å². The van der Waals surface area contributed by atoms with E-state index in [1.165, 1.54) is 55.5 Å². The minimum atomic E-state index is 0. The zero-order chi connectivity index (χ0) is 17.1. The number of rotatable bonds is 9. The molecule has 4 heteroatoms. The normalized spacial score (nSPS) is 9.82. The summed E-state index contributed by atoms with van der Waals surface area (Å²) in [5, 5.41) is 0. The van der Waals surface area contributed by atoms with Gasteiger partial charge < -0.3 is 0 Å². The standard InChI is InChI=1S/3C6H15P.Pt/c3*1-4-7(5-2)6-3;/h3*4-6H2,1-3H3;/p+3. The number of hydrogen-bond donors (Lipinski definition) is 0. The molecule has 0 atom stereocenters. The summed E-state index contributed by atoms with van der Waals surface area (Å²) in [5.41, 5.74) is 0. The maximum atomic E-state index is 2.31. The van der Waals surface area contributed by atoms with Crippen molar-refractivity contribution in [2.24, 2.45) is 0 Å². The molecule has 0 radical (unpaired) electrons. The van der Waals surface area contributed by atoms with E-state index in [2.05, 4.69) is 62.3 Å². The molecule has 0 fully saturated rings. The van der Waals surface area contributed by atoms with Crippen molar-refractivity contribution >= 4 is 23.8 Å². The summed E-state index contributed by atoms with van der Waals surface area (Å²) in [6.07, 6.45) is 13.1. The predicted molar refractivity (Wildman–Crippen MR) is 120 cm³/mol. The molecule has 0 bridgehead atoms. The number of hydrogen-bond acceptors (Lipinski definition) is 0. The van der Waals surface area contributed by atoms with Gasteiger partial charge in [-0.25, -0.2) is 0 Å². The molecule has 0 saturated carbocycles. The molecular formula is C18H48P3Pt+3. The molecular weight excluding hydrogens is 504 g/mol. The second kappa shape index (κ2) is 27.8. The van der Waals surface area contributed by atoms with Crippen molar-refractivity contribution in [2.45, 2.75) is 62.3 Å². The first kappa shape index (κ1) is 31.7. The summed E-state index contributed by atoms with van der Waals surface area (Å²) >= 11 is 0. The maximum absolute atomic E-state index is 2.31. The van der Waals surface area contributed by atoms with Gasteiger partial charge in [-0.15, -0.1) is 0 Å². The quantitative estimate of drug-likeness (QED) is 0.277. The van der Waals surface area contributed by atoms with Crippen molar-refractivity contribution in [3.8, 4) is 0 Å². The second-order valence-electron chi connectivity index (χ2n) is 5.43. The van der Waals surface area contributed by atoms with Gasteiger partial charge in [0.05, 0.1) is 55.5 Å². The first-order valence-electron chi connectivity index (χ1n) is 9.55. The molecule has 0 aromatic carbocycles. The van der Waals surface area contributed by atoms with Crippen LogP contribution < -0.4 is 0 Å². The van der Waals surface area contributed by atoms with Gasteiger partial charge in [0, 0.05) is 21.1 Å². The van der Waals surface area contributed by atoms with E-state index in [1.807, 2.05) is 0 Å². The molecule has 0 heterocycles. The Kier molecular flexibility index (Phi) is 40.1. The molecule has 0 aliphatic carbocycles. The SMILES string of the molecule is CC[PH+](CC)CC.CC[PH+](CC)CC.CC[PH+](CC)CC.[Pt]. The first-order chi connectivity index (χ1) is 10.0. The molecule has 22 heavy (non-hydrogen) atoms. The molecule has 0 nitrogen and oxygen atoms in total. The Labute approximate surface area is 162 Å². The van der Waals surface area contributed by atoms with Crippen LogP contribution in [0.15, 0.2) is 0 Å². The van der Waals surface area contributed by atoms with Crippen LogP contribution in [0.25, 0.3) is 0 Å². The molecule has 142 valence electrons. The van der Waals surface area contributed by atoms with Gasteiger partial charge in [-0.2, -0.15) is 0 Å². The van der Waals surface area contributed by atoms with Crippen molar-refractivity contribution in [3.63, 3.8) is 0 Å². The minimum absolute atomic E-state index is 0. The van der Waals surface area contributed by atoms with E-state index in [1.54, 1.807) is 0 Å². The smallest absolute Gasteiger partial charge is 0.0313 e. The zero-order valence-corrected chi connectivity index (χ0v) is 22.5. The molecule has 0 unspecified atom stereocenters. The van der Waals surface area contributed by atoms with Crippen molar-refractivity contribution in [3.05, 3.63) is 0 Å². The van der Waals surface area contributed by atoms with Crippen LogP contribution in [0.5, 0.6) is 0 Å². The van der Waals surface area contributed by atoms with Gasteiger partial charge in [-0.3, -0.25) is 0 Å². The zero-order valence-electron chi connectivity index (χ0n) is 17.2. The van der Waals surface area contributed by atoms with Gasteiger partial charge in [0.15, 0.2) is 0 Å². The fourth-order valence-corrected chi connectivity index (χ4v) is 6.75. The molecule has 0 aliphatic rings. The maximum Gasteiger partial charge on any atom is 0.0543 e. The summed E-state index contributed by atoms with van der Waals surface area (Å²) in [7, 11) is 0.412. The van der Waals surface area contributed by atoms with Gasteiger partial charge in [0.1, 0.15) is 0 Å². The first-order valence-corrected chi connectivity index (χ1v) is 15.9. The average molecular weight is 553 g/mol. The summed E-state index contributed by atoms with van der Waals surface area (Å²) in [6.45, 7) is 20.8. The van der Waals surface area contributed by atoms with Crippen molar-refractivity contribution in [1.82, 2.24) is 0 Å². The summed E-state index contributed by atoms with van der Waals surface area (Å²) < 4.78 is 0. The van der Waals surface area contributed by atoms with Gasteiger partial charge in [-0.05, 0) is 86.1 Å². The van der Waals surface area contributed by atoms with Crippen molar-refractivity contribution in [2.75, 3.05) is 55.5 Å². The molecule has 0 rings (SSSR count). The summed E-state index contributed by atoms with van der Waals surface area (Å²) in [6, 6.07) is 0. The molecule has 0 aromatic heterocycles. The third kappa shape index (κ3) is 24.2. The average Bonchev–Trinajstić information content (AvgIpc) is 2.54. The van der Waals surface area contributed by atoms with E-state index in [0.29, 0.717) is 0 Å². The third-order valence-corrected chi connectivity index (χ3v) is 13.5. The van der Waals surface area contributed by atoms with Crippen LogP contribution >= 0.6 is 23.8 Å². The van der Waals surface area contributed by atoms with Crippen LogP contribution in [0, 0.1) is 0 Å². The molecule has 0 aromatic rings. The Bertz CT molecular complexity index is 111. The van der Waals surface area contributed by atoms with Crippen molar-refractivity contribution in [1.29, 1.82) is 0 Å². The fraction of sp³-hybridized carbons (Fsp3) is 1.00. The van der Waals surface area contributed by atoms with E-state index in [0.717, 1.165) is 0 Å². The van der Waals surface area contributed by atoms with E-state index >= 15 is 0 Å². The van der Waals surface area contributed by atoms with Gasteiger partial charge >= 0.3 is 0 Å². The Hall–Kier alpha value is 1.98. The summed E-state index contributed by atoms with van der Waals surface area (Å²) in [4.78, 5) is 0. The van der Waals surface area contributed by atoms with E-state index in [4.69, 9.17) is 0 Å². The predicted octanol–water partition coefficient (Wildman–Crippen LogP) is 6.78. The monoisotopic (exact) mass is 552 g/mol. The van der Waals surface area contributed by atoms with Crippen LogP contribution in [0.2, 0.25) is 0 Å². The molecule has 0 spiro atoms. The van der Waals surface area contributed by atoms with Gasteiger partial charge in [-0.1, -0.05) is 0 Å². The third-order valence-electron chi connectivity index (χ3n) is 4.50. The van der Waals surface area contributed by atoms with Gasteiger partial charge in [0.2, 0.25) is 0 Å². The Morgan fingerprint density at radius 2 is 0.409 bits per heavy atom. The molecule has 0 N–H and O–H groups in total. The van der Waals surface area contributed by atoms with E-state index in [9.17, 15) is 0 Å². The van der Waals surface area contributed by atoms with Crippen molar-refractivity contribution < 1.29 is 21.1 Å². The molecule has 0 aliphatic heterocycles.